The van der Waals surface area contributed by atoms with Crippen LogP contribution in [0.2, 0.25) is 0 Å². The fourth-order valence-corrected chi connectivity index (χ4v) is 4.67. The van der Waals surface area contributed by atoms with E-state index < -0.39 is 34.3 Å². The van der Waals surface area contributed by atoms with Gasteiger partial charge in [-0.05, 0) is 60.4 Å². The topological polar surface area (TPSA) is 110 Å². The minimum atomic E-state index is -1.38. The maximum Gasteiger partial charge on any atom is 0.240 e. The van der Waals surface area contributed by atoms with Gasteiger partial charge in [0.25, 0.3) is 0 Å². The molecule has 200 valence electrons. The van der Waals surface area contributed by atoms with E-state index in [2.05, 4.69) is 15.6 Å². The van der Waals surface area contributed by atoms with Crippen LogP contribution in [-0.2, 0) is 9.59 Å². The molecule has 4 aromatic rings. The number of hydrogen-bond donors (Lipinski definition) is 3. The van der Waals surface area contributed by atoms with Gasteiger partial charge in [-0.15, -0.1) is 0 Å². The highest BCUT2D eigenvalue weighted by Gasteiger charge is 2.71. The first-order valence-electron chi connectivity index (χ1n) is 12.1. The Hall–Kier alpha value is -4.73. The smallest absolute Gasteiger partial charge is 0.240 e. The molecule has 0 bridgehead atoms. The van der Waals surface area contributed by atoms with Crippen molar-refractivity contribution >= 4 is 34.1 Å². The van der Waals surface area contributed by atoms with Crippen molar-refractivity contribution in [3.8, 4) is 23.0 Å². The van der Waals surface area contributed by atoms with E-state index in [4.69, 9.17) is 9.47 Å². The lowest BCUT2D eigenvalue weighted by Crippen LogP contribution is -2.39. The van der Waals surface area contributed by atoms with E-state index in [1.807, 2.05) is 0 Å². The van der Waals surface area contributed by atoms with Crippen molar-refractivity contribution in [3.05, 3.63) is 78.5 Å². The molecule has 1 aromatic heterocycles. The van der Waals surface area contributed by atoms with Crippen molar-refractivity contribution in [2.75, 3.05) is 17.7 Å². The number of fused-ring (bicyclic) bond motifs is 1. The summed E-state index contributed by atoms with van der Waals surface area (Å²) in [6.07, 6.45) is 1.75. The number of aromatic nitrogens is 1. The first-order valence-corrected chi connectivity index (χ1v) is 12.1. The quantitative estimate of drug-likeness (QED) is 0.251. The van der Waals surface area contributed by atoms with Gasteiger partial charge < -0.3 is 25.2 Å². The third-order valence-electron chi connectivity index (χ3n) is 7.03. The van der Waals surface area contributed by atoms with E-state index in [0.717, 1.165) is 6.07 Å². The van der Waals surface area contributed by atoms with Crippen LogP contribution in [0.3, 0.4) is 0 Å². The number of rotatable bonds is 7. The normalized spacial score (nSPS) is 17.4. The van der Waals surface area contributed by atoms with Crippen LogP contribution in [-0.4, -0.2) is 29.0 Å². The number of amides is 2. The second kappa shape index (κ2) is 9.54. The Morgan fingerprint density at radius 3 is 2.15 bits per heavy atom. The van der Waals surface area contributed by atoms with Gasteiger partial charge in [0.2, 0.25) is 11.8 Å². The molecule has 1 aliphatic carbocycles. The zero-order chi connectivity index (χ0) is 27.9. The van der Waals surface area contributed by atoms with Crippen LogP contribution in [0.5, 0.6) is 23.0 Å². The van der Waals surface area contributed by atoms with Crippen molar-refractivity contribution in [2.24, 2.45) is 10.8 Å². The summed E-state index contributed by atoms with van der Waals surface area (Å²) >= 11 is 0. The SMILES string of the molecule is COc1cc2c(Oc3ccc(NC(=O)C4(C(=O)Nc5ccc(F)cc5)CC4(C)C)cc3F)ccnc2cc1O. The molecule has 2 amide bonds. The standard InChI is InChI=1S/C29H25F2N3O5/c1-28(2)15-29(28,26(36)33-17-6-4-16(30)5-7-17)27(37)34-18-8-9-24(20(31)12-18)39-23-10-11-32-21-14-22(35)25(38-3)13-19(21)23/h4-14,35H,15H2,1-3H3,(H,33,36)(H,34,37). The van der Waals surface area contributed by atoms with E-state index in [1.165, 1.54) is 61.8 Å². The van der Waals surface area contributed by atoms with E-state index >= 15 is 4.39 Å². The lowest BCUT2D eigenvalue weighted by Gasteiger charge is -2.20. The molecule has 1 aliphatic rings. The van der Waals surface area contributed by atoms with Gasteiger partial charge in [-0.25, -0.2) is 8.78 Å². The minimum absolute atomic E-state index is 0.0936. The highest BCUT2D eigenvalue weighted by molar-refractivity contribution is 6.18. The van der Waals surface area contributed by atoms with Crippen molar-refractivity contribution < 1.29 is 33.0 Å². The third-order valence-corrected chi connectivity index (χ3v) is 7.03. The Labute approximate surface area is 222 Å². The molecule has 8 nitrogen and oxygen atoms in total. The first kappa shape index (κ1) is 25.9. The number of carbonyl (C=O) groups excluding carboxylic acids is 2. The minimum Gasteiger partial charge on any atom is -0.504 e. The van der Waals surface area contributed by atoms with Gasteiger partial charge in [-0.2, -0.15) is 0 Å². The molecule has 5 rings (SSSR count). The molecule has 1 saturated carbocycles. The number of anilines is 2. The van der Waals surface area contributed by atoms with E-state index in [0.29, 0.717) is 16.6 Å². The van der Waals surface area contributed by atoms with Gasteiger partial charge in [0.1, 0.15) is 17.0 Å². The number of halogens is 2. The maximum atomic E-state index is 15.1. The summed E-state index contributed by atoms with van der Waals surface area (Å²) in [7, 11) is 1.41. The van der Waals surface area contributed by atoms with Crippen molar-refractivity contribution in [1.82, 2.24) is 4.98 Å². The largest absolute Gasteiger partial charge is 0.504 e. The number of ether oxygens (including phenoxy) is 2. The highest BCUT2D eigenvalue weighted by atomic mass is 19.1. The fraction of sp³-hybridized carbons (Fsp3) is 0.207. The molecular weight excluding hydrogens is 508 g/mol. The van der Waals surface area contributed by atoms with Crippen LogP contribution >= 0.6 is 0 Å². The van der Waals surface area contributed by atoms with Crippen LogP contribution in [0.25, 0.3) is 10.9 Å². The van der Waals surface area contributed by atoms with Gasteiger partial charge in [0, 0.05) is 35.1 Å². The number of pyridine rings is 1. The number of benzene rings is 3. The average molecular weight is 534 g/mol. The number of phenolic OH excluding ortho intramolecular Hbond substituents is 1. The Morgan fingerprint density at radius 2 is 1.54 bits per heavy atom. The number of aromatic hydroxyl groups is 1. The molecule has 0 spiro atoms. The molecule has 39 heavy (non-hydrogen) atoms. The zero-order valence-corrected chi connectivity index (χ0v) is 21.3. The highest BCUT2D eigenvalue weighted by Crippen LogP contribution is 2.64. The molecule has 3 aromatic carbocycles. The molecule has 1 fully saturated rings. The number of phenols is 1. The zero-order valence-electron chi connectivity index (χ0n) is 21.3. The number of methoxy groups -OCH3 is 1. The Morgan fingerprint density at radius 1 is 0.897 bits per heavy atom. The lowest BCUT2D eigenvalue weighted by molar-refractivity contribution is -0.132. The summed E-state index contributed by atoms with van der Waals surface area (Å²) in [6.45, 7) is 3.59. The summed E-state index contributed by atoms with van der Waals surface area (Å²) in [5, 5.41) is 15.8. The maximum absolute atomic E-state index is 15.1. The van der Waals surface area contributed by atoms with Gasteiger partial charge in [0.15, 0.2) is 23.1 Å². The van der Waals surface area contributed by atoms with Crippen LogP contribution in [0.15, 0.2) is 66.9 Å². The first-order chi connectivity index (χ1) is 18.5. The molecule has 1 heterocycles. The molecule has 0 aliphatic heterocycles. The summed E-state index contributed by atoms with van der Waals surface area (Å²) in [4.78, 5) is 30.6. The van der Waals surface area contributed by atoms with Crippen molar-refractivity contribution in [1.29, 1.82) is 0 Å². The molecule has 1 unspecified atom stereocenters. The predicted octanol–water partition coefficient (Wildman–Crippen LogP) is 6.01. The summed E-state index contributed by atoms with van der Waals surface area (Å²) in [5.74, 6) is -2.01. The Kier molecular flexibility index (Phi) is 6.33. The van der Waals surface area contributed by atoms with E-state index in [1.54, 1.807) is 19.9 Å². The van der Waals surface area contributed by atoms with Crippen molar-refractivity contribution in [3.63, 3.8) is 0 Å². The number of carbonyl (C=O) groups is 2. The monoisotopic (exact) mass is 533 g/mol. The Balaban J connectivity index is 1.35. The second-order valence-electron chi connectivity index (χ2n) is 9.98. The van der Waals surface area contributed by atoms with E-state index in [9.17, 15) is 19.1 Å². The van der Waals surface area contributed by atoms with Crippen LogP contribution in [0.1, 0.15) is 20.3 Å². The lowest BCUT2D eigenvalue weighted by atomic mass is 9.93. The summed E-state index contributed by atoms with van der Waals surface area (Å²) < 4.78 is 39.2. The van der Waals surface area contributed by atoms with Gasteiger partial charge >= 0.3 is 0 Å². The number of hydrogen-bond acceptors (Lipinski definition) is 6. The molecule has 1 atom stereocenters. The predicted molar refractivity (Wildman–Crippen MR) is 141 cm³/mol. The molecule has 3 N–H and O–H groups in total. The fourth-order valence-electron chi connectivity index (χ4n) is 4.67. The van der Waals surface area contributed by atoms with Gasteiger partial charge in [-0.3, -0.25) is 14.6 Å². The van der Waals surface area contributed by atoms with Gasteiger partial charge in [-0.1, -0.05) is 13.8 Å². The van der Waals surface area contributed by atoms with Gasteiger partial charge in [0.05, 0.1) is 12.6 Å². The molecule has 10 heteroatoms. The summed E-state index contributed by atoms with van der Waals surface area (Å²) in [6, 6.07) is 13.7. The number of nitrogens with one attached hydrogen (secondary N) is 2. The summed E-state index contributed by atoms with van der Waals surface area (Å²) in [5.41, 5.74) is -1.09. The average Bonchev–Trinajstić information content (AvgIpc) is 3.50. The molecule has 0 saturated heterocycles. The van der Waals surface area contributed by atoms with Crippen LogP contribution < -0.4 is 20.1 Å². The van der Waals surface area contributed by atoms with Crippen LogP contribution in [0.4, 0.5) is 20.2 Å². The molecular formula is C29H25F2N3O5. The van der Waals surface area contributed by atoms with E-state index in [-0.39, 0.29) is 35.1 Å². The van der Waals surface area contributed by atoms with Crippen LogP contribution in [0, 0.1) is 22.5 Å². The second-order valence-corrected chi connectivity index (χ2v) is 9.98. The number of nitrogens with zero attached hydrogens (tertiary/aromatic N) is 1. The Bertz CT molecular complexity index is 1610. The van der Waals surface area contributed by atoms with Crippen molar-refractivity contribution in [2.45, 2.75) is 20.3 Å². The third kappa shape index (κ3) is 4.69. The molecule has 0 radical (unpaired) electrons.